The second kappa shape index (κ2) is 11.1. The Kier molecular flexibility index (Phi) is 9.52. The normalized spacial score (nSPS) is 21.4. The first-order valence-electron chi connectivity index (χ1n) is 9.41. The first kappa shape index (κ1) is 24.8. The Morgan fingerprint density at radius 2 is 1.55 bits per heavy atom. The zero-order chi connectivity index (χ0) is 19.4. The predicted octanol–water partition coefficient (Wildman–Crippen LogP) is 2.29. The summed E-state index contributed by atoms with van der Waals surface area (Å²) < 4.78 is 0. The van der Waals surface area contributed by atoms with E-state index in [-0.39, 0.29) is 48.6 Å². The maximum absolute atomic E-state index is 12.5. The second-order valence-electron chi connectivity index (χ2n) is 7.27. The van der Waals surface area contributed by atoms with E-state index in [9.17, 15) is 9.59 Å². The molecule has 1 aliphatic heterocycles. The quantitative estimate of drug-likeness (QED) is 0.418. The van der Waals surface area contributed by atoms with Crippen LogP contribution in [0.25, 0.3) is 0 Å². The molecular weight excluding hydrogens is 417 g/mol. The predicted molar refractivity (Wildman–Crippen MR) is 118 cm³/mol. The minimum absolute atomic E-state index is 0. The van der Waals surface area contributed by atoms with E-state index < -0.39 is 5.97 Å². The number of carbonyl (C=O) groups is 2. The Labute approximate surface area is 183 Å². The number of carbonyl (C=O) groups excluding carboxylic acids is 1. The Morgan fingerprint density at radius 3 is 2.03 bits per heavy atom. The van der Waals surface area contributed by atoms with Crippen LogP contribution in [-0.2, 0) is 4.79 Å². The average Bonchev–Trinajstić information content (AvgIpc) is 2.68. The maximum atomic E-state index is 12.5. The molecule has 0 bridgehead atoms. The summed E-state index contributed by atoms with van der Waals surface area (Å²) >= 11 is 0. The minimum atomic E-state index is -0.729. The van der Waals surface area contributed by atoms with Crippen molar-refractivity contribution in [1.82, 2.24) is 10.2 Å². The molecule has 0 radical (unpaired) electrons. The van der Waals surface area contributed by atoms with E-state index in [0.29, 0.717) is 31.5 Å². The Morgan fingerprint density at radius 1 is 1.00 bits per heavy atom. The van der Waals surface area contributed by atoms with Gasteiger partial charge in [0.1, 0.15) is 5.84 Å². The van der Waals surface area contributed by atoms with Crippen LogP contribution in [0.15, 0.2) is 24.3 Å². The van der Waals surface area contributed by atoms with Crippen molar-refractivity contribution in [2.45, 2.75) is 31.7 Å². The van der Waals surface area contributed by atoms with E-state index in [1.54, 1.807) is 0 Å². The lowest BCUT2D eigenvalue weighted by atomic mass is 9.86. The first-order valence-corrected chi connectivity index (χ1v) is 9.41. The fraction of sp³-hybridized carbons (Fsp3) is 0.526. The molecule has 1 aliphatic carbocycles. The zero-order valence-electron chi connectivity index (χ0n) is 16.2. The van der Waals surface area contributed by atoms with Crippen LogP contribution in [0.5, 0.6) is 0 Å². The number of benzene rings is 1. The molecule has 1 saturated carbocycles. The molecule has 0 atom stereocenters. The molecule has 2 amide bonds. The summed E-state index contributed by atoms with van der Waals surface area (Å²) in [4.78, 5) is 27.5. The number of carboxylic acid groups (broad SMARTS) is 1. The van der Waals surface area contributed by atoms with Crippen molar-refractivity contribution >= 4 is 48.3 Å². The third-order valence-electron chi connectivity index (χ3n) is 5.51. The van der Waals surface area contributed by atoms with Gasteiger partial charge in [-0.05, 0) is 49.9 Å². The van der Waals surface area contributed by atoms with Crippen molar-refractivity contribution in [2.24, 2.45) is 11.7 Å². The highest BCUT2D eigenvalue weighted by Crippen LogP contribution is 2.24. The highest BCUT2D eigenvalue weighted by molar-refractivity contribution is 5.95. The summed E-state index contributed by atoms with van der Waals surface area (Å²) in [7, 11) is 0. The van der Waals surface area contributed by atoms with Crippen molar-refractivity contribution in [2.75, 3.05) is 31.1 Å². The molecule has 0 spiro atoms. The van der Waals surface area contributed by atoms with Gasteiger partial charge in [-0.2, -0.15) is 0 Å². The van der Waals surface area contributed by atoms with Crippen LogP contribution in [0.1, 0.15) is 31.2 Å². The van der Waals surface area contributed by atoms with Crippen molar-refractivity contribution in [1.29, 1.82) is 5.41 Å². The fourth-order valence-electron chi connectivity index (χ4n) is 3.77. The van der Waals surface area contributed by atoms with Gasteiger partial charge in [0.25, 0.3) is 0 Å². The molecule has 0 unspecified atom stereocenters. The number of anilines is 1. The molecule has 1 heterocycles. The molecule has 10 heteroatoms. The van der Waals surface area contributed by atoms with Crippen LogP contribution < -0.4 is 16.0 Å². The Balaban J connectivity index is 0.00000210. The van der Waals surface area contributed by atoms with E-state index in [0.717, 1.165) is 31.6 Å². The van der Waals surface area contributed by atoms with Gasteiger partial charge in [-0.25, -0.2) is 4.79 Å². The molecule has 0 aromatic heterocycles. The lowest BCUT2D eigenvalue weighted by molar-refractivity contribution is -0.142. The van der Waals surface area contributed by atoms with Crippen LogP contribution in [-0.4, -0.2) is 60.1 Å². The number of piperazine rings is 1. The fourth-order valence-corrected chi connectivity index (χ4v) is 3.77. The van der Waals surface area contributed by atoms with Crippen molar-refractivity contribution in [3.05, 3.63) is 29.8 Å². The van der Waals surface area contributed by atoms with Crippen LogP contribution in [0.4, 0.5) is 10.5 Å². The van der Waals surface area contributed by atoms with Crippen molar-refractivity contribution in [3.63, 3.8) is 0 Å². The van der Waals surface area contributed by atoms with Gasteiger partial charge in [0.2, 0.25) is 0 Å². The van der Waals surface area contributed by atoms with Crippen LogP contribution in [0.3, 0.4) is 0 Å². The van der Waals surface area contributed by atoms with Gasteiger partial charge in [-0.1, -0.05) is 0 Å². The highest BCUT2D eigenvalue weighted by Gasteiger charge is 2.28. The van der Waals surface area contributed by atoms with E-state index >= 15 is 0 Å². The van der Waals surface area contributed by atoms with Gasteiger partial charge >= 0.3 is 12.0 Å². The van der Waals surface area contributed by atoms with E-state index in [4.69, 9.17) is 16.2 Å². The number of halogens is 2. The lowest BCUT2D eigenvalue weighted by Crippen LogP contribution is -2.54. The standard InChI is InChI=1S/C19H27N5O3.2ClH/c20-17(21)13-3-7-16(8-4-13)23-9-11-24(12-10-23)19(27)22-15-5-1-14(2-6-15)18(25)26;;/h3-4,7-8,14-15H,1-2,5-6,9-12H2,(H3,20,21)(H,22,27)(H,25,26);2*1H/t14-,15-;;. The molecule has 162 valence electrons. The third-order valence-corrected chi connectivity index (χ3v) is 5.51. The number of nitrogens with zero attached hydrogens (tertiary/aromatic N) is 2. The summed E-state index contributed by atoms with van der Waals surface area (Å²) in [5.41, 5.74) is 7.25. The number of aliphatic carboxylic acids is 1. The minimum Gasteiger partial charge on any atom is -0.481 e. The van der Waals surface area contributed by atoms with Gasteiger partial charge in [0.05, 0.1) is 5.92 Å². The Hall–Kier alpha value is -2.19. The molecule has 3 rings (SSSR count). The topological polar surface area (TPSA) is 123 Å². The number of urea groups is 1. The number of rotatable bonds is 4. The number of hydrogen-bond donors (Lipinski definition) is 4. The maximum Gasteiger partial charge on any atom is 0.317 e. The number of nitrogens with one attached hydrogen (secondary N) is 2. The highest BCUT2D eigenvalue weighted by atomic mass is 35.5. The smallest absolute Gasteiger partial charge is 0.317 e. The number of nitrogen functional groups attached to an aromatic ring is 1. The molecule has 5 N–H and O–H groups in total. The van der Waals surface area contributed by atoms with Gasteiger partial charge in [0, 0.05) is 43.5 Å². The second-order valence-corrected chi connectivity index (χ2v) is 7.27. The molecule has 2 fully saturated rings. The molecule has 2 aliphatic rings. The molecule has 29 heavy (non-hydrogen) atoms. The summed E-state index contributed by atoms with van der Waals surface area (Å²) in [6, 6.07) is 7.60. The van der Waals surface area contributed by atoms with Crippen LogP contribution in [0, 0.1) is 11.3 Å². The Bertz CT molecular complexity index is 700. The zero-order valence-corrected chi connectivity index (χ0v) is 17.8. The van der Waals surface area contributed by atoms with Gasteiger partial charge in [-0.3, -0.25) is 10.2 Å². The SMILES string of the molecule is Cl.Cl.N=C(N)c1ccc(N2CCN(C(=O)N[C@H]3CC[C@H](C(=O)O)CC3)CC2)cc1. The van der Waals surface area contributed by atoms with Crippen LogP contribution in [0.2, 0.25) is 0 Å². The number of amidine groups is 1. The van der Waals surface area contributed by atoms with Crippen LogP contribution >= 0.6 is 24.8 Å². The third kappa shape index (κ3) is 6.40. The lowest BCUT2D eigenvalue weighted by Gasteiger charge is -2.37. The average molecular weight is 446 g/mol. The summed E-state index contributed by atoms with van der Waals surface area (Å²) in [5.74, 6) is -0.941. The van der Waals surface area contributed by atoms with Gasteiger partial charge in [-0.15, -0.1) is 24.8 Å². The van der Waals surface area contributed by atoms with Gasteiger partial charge in [0.15, 0.2) is 0 Å². The van der Waals surface area contributed by atoms with Crippen molar-refractivity contribution < 1.29 is 14.7 Å². The van der Waals surface area contributed by atoms with Gasteiger partial charge < -0.3 is 26.0 Å². The molecule has 1 aromatic rings. The summed E-state index contributed by atoms with van der Waals surface area (Å²) in [5, 5.41) is 19.6. The first-order chi connectivity index (χ1) is 12.9. The number of nitrogens with two attached hydrogens (primary N) is 1. The number of carboxylic acids is 1. The largest absolute Gasteiger partial charge is 0.481 e. The molecule has 8 nitrogen and oxygen atoms in total. The summed E-state index contributed by atoms with van der Waals surface area (Å²) in [6.07, 6.45) is 2.71. The molecule has 1 aromatic carbocycles. The van der Waals surface area contributed by atoms with E-state index in [2.05, 4.69) is 10.2 Å². The molecular formula is C19H29Cl2N5O3. The van der Waals surface area contributed by atoms with E-state index in [1.165, 1.54) is 0 Å². The monoisotopic (exact) mass is 445 g/mol. The molecule has 1 saturated heterocycles. The van der Waals surface area contributed by atoms with Crippen molar-refractivity contribution in [3.8, 4) is 0 Å². The number of amides is 2. The van der Waals surface area contributed by atoms with E-state index in [1.807, 2.05) is 29.2 Å². The summed E-state index contributed by atoms with van der Waals surface area (Å²) in [6.45, 7) is 2.78. The number of hydrogen-bond acceptors (Lipinski definition) is 4.